The Labute approximate surface area is 168 Å². The summed E-state index contributed by atoms with van der Waals surface area (Å²) >= 11 is 0.741. The number of ether oxygens (including phenoxy) is 1. The van der Waals surface area contributed by atoms with Crippen LogP contribution < -0.4 is 5.32 Å². The van der Waals surface area contributed by atoms with E-state index in [1.54, 1.807) is 6.08 Å². The number of aliphatic hydroxyl groups excluding tert-OH is 1. The van der Waals surface area contributed by atoms with Gasteiger partial charge in [-0.2, -0.15) is 0 Å². The predicted molar refractivity (Wildman–Crippen MR) is 102 cm³/mol. The average molecular weight is 417 g/mol. The maximum Gasteiger partial charge on any atom is 0.306 e. The van der Waals surface area contributed by atoms with Gasteiger partial charge in [0.25, 0.3) is 0 Å². The number of carbonyl (C=O) groups is 3. The number of amides is 1. The fourth-order valence-electron chi connectivity index (χ4n) is 4.08. The number of methoxy groups -OCH3 is 1. The van der Waals surface area contributed by atoms with E-state index in [-0.39, 0.29) is 18.6 Å². The van der Waals surface area contributed by atoms with Crippen molar-refractivity contribution in [2.45, 2.75) is 56.3 Å². The molecule has 5 atom stereocenters. The maximum atomic E-state index is 13.2. The summed E-state index contributed by atoms with van der Waals surface area (Å²) in [5, 5.41) is 24.2. The van der Waals surface area contributed by atoms with Crippen LogP contribution in [0.4, 0.5) is 4.39 Å². The van der Waals surface area contributed by atoms with Crippen LogP contribution in [0.1, 0.15) is 39.0 Å². The average Bonchev–Trinajstić information content (AvgIpc) is 2.89. The molecule has 0 aromatic carbocycles. The Morgan fingerprint density at radius 2 is 2.21 bits per heavy atom. The first-order valence-electron chi connectivity index (χ1n) is 9.41. The summed E-state index contributed by atoms with van der Waals surface area (Å²) < 4.78 is 17.5. The Morgan fingerprint density at radius 1 is 1.50 bits per heavy atom. The van der Waals surface area contributed by atoms with Crippen LogP contribution in [0.2, 0.25) is 0 Å². The van der Waals surface area contributed by atoms with Crippen molar-refractivity contribution >= 4 is 28.8 Å². The molecule has 5 unspecified atom stereocenters. The summed E-state index contributed by atoms with van der Waals surface area (Å²) in [6, 6.07) is 0. The topological polar surface area (TPSA) is 113 Å². The highest BCUT2D eigenvalue weighted by Crippen LogP contribution is 2.46. The first kappa shape index (κ1) is 22.8. The van der Waals surface area contributed by atoms with Gasteiger partial charge >= 0.3 is 5.97 Å². The van der Waals surface area contributed by atoms with Crippen molar-refractivity contribution in [2.24, 2.45) is 11.8 Å². The molecule has 0 spiro atoms. The van der Waals surface area contributed by atoms with Crippen molar-refractivity contribution < 1.29 is 33.7 Å². The Bertz CT molecular complexity index is 640. The van der Waals surface area contributed by atoms with Crippen molar-refractivity contribution in [3.05, 3.63) is 12.2 Å². The fraction of sp³-hybridized carbons (Fsp3) is 0.737. The number of halogens is 1. The zero-order valence-corrected chi connectivity index (χ0v) is 17.0. The fourth-order valence-corrected chi connectivity index (χ4v) is 5.14. The van der Waals surface area contributed by atoms with Gasteiger partial charge < -0.3 is 20.3 Å². The molecule has 0 aromatic heterocycles. The molecule has 1 aliphatic carbocycles. The molecular formula is C19H28FNO6S. The SMILES string of the molecule is COC(=O)CCSC(=O)C1(C(O)C2C=CCCC2)NC(=O)C(CCF)C1(C)O. The number of carbonyl (C=O) groups excluding carboxylic acids is 3. The summed E-state index contributed by atoms with van der Waals surface area (Å²) in [4.78, 5) is 37.0. The normalized spacial score (nSPS) is 33.4. The Balaban J connectivity index is 2.36. The molecule has 7 nitrogen and oxygen atoms in total. The molecule has 9 heteroatoms. The number of rotatable bonds is 8. The number of aliphatic hydroxyl groups is 2. The van der Waals surface area contributed by atoms with E-state index < -0.39 is 52.7 Å². The van der Waals surface area contributed by atoms with E-state index in [1.807, 2.05) is 6.08 Å². The van der Waals surface area contributed by atoms with E-state index in [2.05, 4.69) is 10.1 Å². The quantitative estimate of drug-likeness (QED) is 0.401. The summed E-state index contributed by atoms with van der Waals surface area (Å²) in [7, 11) is 1.24. The van der Waals surface area contributed by atoms with Crippen LogP contribution in [-0.2, 0) is 19.1 Å². The summed E-state index contributed by atoms with van der Waals surface area (Å²) in [5.41, 5.74) is -3.98. The van der Waals surface area contributed by atoms with Crippen LogP contribution in [0.5, 0.6) is 0 Å². The monoisotopic (exact) mass is 417 g/mol. The molecule has 1 heterocycles. The van der Waals surface area contributed by atoms with Crippen LogP contribution in [0.25, 0.3) is 0 Å². The first-order chi connectivity index (χ1) is 13.2. The van der Waals surface area contributed by atoms with Gasteiger partial charge in [-0.05, 0) is 32.6 Å². The van der Waals surface area contributed by atoms with Crippen molar-refractivity contribution in [3.63, 3.8) is 0 Å². The first-order valence-corrected chi connectivity index (χ1v) is 10.4. The predicted octanol–water partition coefficient (Wildman–Crippen LogP) is 1.12. The molecule has 28 heavy (non-hydrogen) atoms. The smallest absolute Gasteiger partial charge is 0.306 e. The van der Waals surface area contributed by atoms with Crippen LogP contribution in [-0.4, -0.2) is 64.0 Å². The Hall–Kier alpha value is -1.45. The lowest BCUT2D eigenvalue weighted by Crippen LogP contribution is -2.69. The minimum Gasteiger partial charge on any atom is -0.469 e. The molecule has 0 bridgehead atoms. The summed E-state index contributed by atoms with van der Waals surface area (Å²) in [6.45, 7) is 0.452. The third-order valence-electron chi connectivity index (χ3n) is 5.74. The Morgan fingerprint density at radius 3 is 2.79 bits per heavy atom. The van der Waals surface area contributed by atoms with Crippen LogP contribution in [0.15, 0.2) is 12.2 Å². The third kappa shape index (κ3) is 4.11. The zero-order chi connectivity index (χ0) is 20.9. The van der Waals surface area contributed by atoms with Gasteiger partial charge in [-0.3, -0.25) is 18.8 Å². The van der Waals surface area contributed by atoms with E-state index in [1.165, 1.54) is 14.0 Å². The number of hydrogen-bond acceptors (Lipinski definition) is 7. The lowest BCUT2D eigenvalue weighted by molar-refractivity contribution is -0.142. The molecule has 1 fully saturated rings. The van der Waals surface area contributed by atoms with Gasteiger partial charge in [-0.1, -0.05) is 23.9 Å². The van der Waals surface area contributed by atoms with Gasteiger partial charge in [0.15, 0.2) is 5.54 Å². The lowest BCUT2D eigenvalue weighted by atomic mass is 9.69. The van der Waals surface area contributed by atoms with Gasteiger partial charge in [0, 0.05) is 11.7 Å². The molecule has 1 amide bonds. The summed E-state index contributed by atoms with van der Waals surface area (Å²) in [5.74, 6) is -2.69. The maximum absolute atomic E-state index is 13.2. The number of thioether (sulfide) groups is 1. The molecule has 158 valence electrons. The van der Waals surface area contributed by atoms with E-state index in [0.29, 0.717) is 6.42 Å². The van der Waals surface area contributed by atoms with Crippen LogP contribution in [0, 0.1) is 11.8 Å². The van der Waals surface area contributed by atoms with Gasteiger partial charge in [0.2, 0.25) is 11.0 Å². The molecular weight excluding hydrogens is 389 g/mol. The number of hydrogen-bond donors (Lipinski definition) is 3. The minimum absolute atomic E-state index is 0.0353. The van der Waals surface area contributed by atoms with Gasteiger partial charge in [-0.25, -0.2) is 0 Å². The van der Waals surface area contributed by atoms with Crippen molar-refractivity contribution in [1.82, 2.24) is 5.32 Å². The van der Waals surface area contributed by atoms with E-state index in [9.17, 15) is 29.0 Å². The second kappa shape index (κ2) is 9.37. The second-order valence-corrected chi connectivity index (χ2v) is 8.47. The Kier molecular flexibility index (Phi) is 7.64. The third-order valence-corrected chi connectivity index (χ3v) is 6.73. The number of allylic oxidation sites excluding steroid dienone is 1. The second-order valence-electron chi connectivity index (χ2n) is 7.40. The largest absolute Gasteiger partial charge is 0.469 e. The van der Waals surface area contributed by atoms with E-state index in [4.69, 9.17) is 0 Å². The van der Waals surface area contributed by atoms with Crippen LogP contribution >= 0.6 is 11.8 Å². The minimum atomic E-state index is -1.99. The highest BCUT2D eigenvalue weighted by Gasteiger charge is 2.68. The molecule has 1 saturated heterocycles. The van der Waals surface area contributed by atoms with Gasteiger partial charge in [0.05, 0.1) is 32.2 Å². The molecule has 0 aromatic rings. The molecule has 0 radical (unpaired) electrons. The summed E-state index contributed by atoms with van der Waals surface area (Å²) in [6.07, 6.45) is 4.26. The van der Waals surface area contributed by atoms with E-state index >= 15 is 0 Å². The molecule has 2 rings (SSSR count). The number of alkyl halides is 1. The van der Waals surface area contributed by atoms with Crippen molar-refractivity contribution in [3.8, 4) is 0 Å². The number of nitrogens with one attached hydrogen (secondary N) is 1. The van der Waals surface area contributed by atoms with Gasteiger partial charge in [-0.15, -0.1) is 0 Å². The molecule has 1 aliphatic heterocycles. The molecule has 0 saturated carbocycles. The van der Waals surface area contributed by atoms with Crippen molar-refractivity contribution in [2.75, 3.05) is 19.5 Å². The molecule has 3 N–H and O–H groups in total. The van der Waals surface area contributed by atoms with E-state index in [0.717, 1.165) is 24.6 Å². The highest BCUT2D eigenvalue weighted by molar-refractivity contribution is 8.13. The lowest BCUT2D eigenvalue weighted by Gasteiger charge is -2.45. The van der Waals surface area contributed by atoms with Gasteiger partial charge in [0.1, 0.15) is 5.60 Å². The highest BCUT2D eigenvalue weighted by atomic mass is 32.2. The zero-order valence-electron chi connectivity index (χ0n) is 16.2. The van der Waals surface area contributed by atoms with Crippen molar-refractivity contribution in [1.29, 1.82) is 0 Å². The standard InChI is InChI=1S/C19H28FNO6S/c1-18(26)13(8-10-20)16(24)21-19(18,15(23)12-6-4-3-5-7-12)17(25)28-11-9-14(22)27-2/h4,6,12-13,15,23,26H,3,5,7-11H2,1-2H3,(H,21,24). The number of esters is 1. The molecule has 2 aliphatic rings. The van der Waals surface area contributed by atoms with Crippen LogP contribution in [0.3, 0.4) is 0 Å².